The van der Waals surface area contributed by atoms with E-state index in [1.807, 2.05) is 30.3 Å². The number of carbonyl (C=O) groups is 2. The lowest BCUT2D eigenvalue weighted by atomic mass is 9.68. The predicted molar refractivity (Wildman–Crippen MR) is 107 cm³/mol. The van der Waals surface area contributed by atoms with Crippen molar-refractivity contribution < 1.29 is 14.7 Å². The minimum atomic E-state index is -0.969. The van der Waals surface area contributed by atoms with Gasteiger partial charge in [0.1, 0.15) is 0 Å². The Labute approximate surface area is 165 Å². The maximum atomic E-state index is 13.7. The van der Waals surface area contributed by atoms with Crippen LogP contribution in [0.3, 0.4) is 0 Å². The van der Waals surface area contributed by atoms with E-state index in [1.54, 1.807) is 18.2 Å². The number of benzene rings is 2. The molecule has 0 spiro atoms. The van der Waals surface area contributed by atoms with Gasteiger partial charge in [-0.1, -0.05) is 36.4 Å². The lowest BCUT2D eigenvalue weighted by molar-refractivity contribution is 0.0631. The molecule has 2 saturated heterocycles. The van der Waals surface area contributed by atoms with E-state index in [-0.39, 0.29) is 11.5 Å². The second-order valence-electron chi connectivity index (χ2n) is 8.78. The zero-order chi connectivity index (χ0) is 19.3. The average Bonchev–Trinajstić information content (AvgIpc) is 2.90. The Hall–Kier alpha value is -2.62. The fourth-order valence-corrected chi connectivity index (χ4v) is 6.00. The van der Waals surface area contributed by atoms with Crippen LogP contribution in [0.2, 0.25) is 0 Å². The molecule has 2 aromatic rings. The minimum Gasteiger partial charge on any atom is -0.478 e. The van der Waals surface area contributed by atoms with E-state index in [0.717, 1.165) is 36.8 Å². The largest absolute Gasteiger partial charge is 0.478 e. The number of carbonyl (C=O) groups excluding carboxylic acids is 1. The van der Waals surface area contributed by atoms with Crippen LogP contribution < -0.4 is 0 Å². The highest BCUT2D eigenvalue weighted by Crippen LogP contribution is 2.48. The highest BCUT2D eigenvalue weighted by molar-refractivity contribution is 6.04. The molecular weight excluding hydrogens is 350 g/mol. The minimum absolute atomic E-state index is 0.0639. The Morgan fingerprint density at radius 1 is 0.750 bits per heavy atom. The van der Waals surface area contributed by atoms with Crippen molar-refractivity contribution in [2.75, 3.05) is 6.54 Å². The van der Waals surface area contributed by atoms with Gasteiger partial charge < -0.3 is 10.0 Å². The molecular formula is C24H25NO3. The molecule has 2 atom stereocenters. The van der Waals surface area contributed by atoms with Crippen molar-refractivity contribution in [3.05, 3.63) is 59.7 Å². The van der Waals surface area contributed by atoms with Crippen LogP contribution in [0.4, 0.5) is 0 Å². The number of rotatable bonds is 3. The van der Waals surface area contributed by atoms with Gasteiger partial charge in [-0.3, -0.25) is 4.79 Å². The van der Waals surface area contributed by atoms with Gasteiger partial charge in [-0.05, 0) is 73.1 Å². The molecule has 144 valence electrons. The summed E-state index contributed by atoms with van der Waals surface area (Å²) < 4.78 is 0. The van der Waals surface area contributed by atoms with Crippen LogP contribution in [0.5, 0.6) is 0 Å². The zero-order valence-electron chi connectivity index (χ0n) is 15.9. The van der Waals surface area contributed by atoms with Crippen molar-refractivity contribution >= 4 is 11.9 Å². The van der Waals surface area contributed by atoms with Gasteiger partial charge in [-0.2, -0.15) is 0 Å². The van der Waals surface area contributed by atoms with Gasteiger partial charge in [-0.15, -0.1) is 0 Å². The summed E-state index contributed by atoms with van der Waals surface area (Å²) in [6.45, 7) is 0.853. The monoisotopic (exact) mass is 375 g/mol. The lowest BCUT2D eigenvalue weighted by Gasteiger charge is -2.39. The molecule has 2 aromatic carbocycles. The van der Waals surface area contributed by atoms with Gasteiger partial charge >= 0.3 is 5.97 Å². The van der Waals surface area contributed by atoms with E-state index in [9.17, 15) is 14.7 Å². The summed E-state index contributed by atoms with van der Waals surface area (Å²) in [6, 6.07) is 14.8. The summed E-state index contributed by atoms with van der Waals surface area (Å²) in [4.78, 5) is 27.5. The molecule has 1 amide bonds. The number of hydrogen-bond acceptors (Lipinski definition) is 2. The SMILES string of the molecule is O=C(O)c1ccccc1-c1ccccc1C(=O)N1CC2CC3CC(C2)CC1C3. The molecule has 2 aliphatic heterocycles. The summed E-state index contributed by atoms with van der Waals surface area (Å²) in [7, 11) is 0. The number of carboxylic acid groups (broad SMARTS) is 1. The maximum Gasteiger partial charge on any atom is 0.336 e. The average molecular weight is 375 g/mol. The van der Waals surface area contributed by atoms with Crippen LogP contribution in [0, 0.1) is 17.8 Å². The van der Waals surface area contributed by atoms with Crippen molar-refractivity contribution in [1.82, 2.24) is 4.90 Å². The van der Waals surface area contributed by atoms with Gasteiger partial charge in [0, 0.05) is 18.2 Å². The van der Waals surface area contributed by atoms with E-state index in [0.29, 0.717) is 23.1 Å². The normalized spacial score (nSPS) is 28.2. The molecule has 4 bridgehead atoms. The molecule has 1 N–H and O–H groups in total. The molecule has 2 heterocycles. The van der Waals surface area contributed by atoms with Crippen LogP contribution in [-0.4, -0.2) is 34.5 Å². The molecule has 2 unspecified atom stereocenters. The number of carboxylic acids is 1. The Morgan fingerprint density at radius 3 is 1.93 bits per heavy atom. The maximum absolute atomic E-state index is 13.7. The van der Waals surface area contributed by atoms with Crippen molar-refractivity contribution in [1.29, 1.82) is 0 Å². The third-order valence-corrected chi connectivity index (χ3v) is 6.97. The Bertz CT molecular complexity index is 923. The quantitative estimate of drug-likeness (QED) is 0.846. The molecule has 6 rings (SSSR count). The Kier molecular flexibility index (Phi) is 4.22. The molecule has 4 nitrogen and oxygen atoms in total. The van der Waals surface area contributed by atoms with Crippen molar-refractivity contribution in [3.8, 4) is 11.1 Å². The van der Waals surface area contributed by atoms with Crippen LogP contribution in [-0.2, 0) is 0 Å². The number of amides is 1. The standard InChI is InChI=1S/C24H25NO3/c26-23(25-14-17-10-15-9-16(11-17)13-18(25)12-15)21-7-3-1-5-19(21)20-6-2-4-8-22(20)24(27)28/h1-8,15-18H,9-14H2,(H,27,28). The number of fused-ring (bicyclic) bond motifs is 1. The summed E-state index contributed by atoms with van der Waals surface area (Å²) in [5.41, 5.74) is 2.19. The van der Waals surface area contributed by atoms with Crippen LogP contribution in [0.25, 0.3) is 11.1 Å². The van der Waals surface area contributed by atoms with Crippen LogP contribution >= 0.6 is 0 Å². The first-order valence-corrected chi connectivity index (χ1v) is 10.3. The molecule has 4 fully saturated rings. The summed E-state index contributed by atoms with van der Waals surface area (Å²) in [6.07, 6.45) is 6.14. The molecule has 4 aliphatic rings. The van der Waals surface area contributed by atoms with Gasteiger partial charge in [0.2, 0.25) is 0 Å². The fraction of sp³-hybridized carbons (Fsp3) is 0.417. The Morgan fingerprint density at radius 2 is 1.29 bits per heavy atom. The van der Waals surface area contributed by atoms with Gasteiger partial charge in [0.15, 0.2) is 0 Å². The molecule has 2 saturated carbocycles. The molecule has 0 radical (unpaired) electrons. The van der Waals surface area contributed by atoms with E-state index in [4.69, 9.17) is 0 Å². The van der Waals surface area contributed by atoms with Gasteiger partial charge in [-0.25, -0.2) is 4.79 Å². The highest BCUT2D eigenvalue weighted by atomic mass is 16.4. The first-order valence-electron chi connectivity index (χ1n) is 10.3. The van der Waals surface area contributed by atoms with Gasteiger partial charge in [0.25, 0.3) is 5.91 Å². The van der Waals surface area contributed by atoms with E-state index in [2.05, 4.69) is 4.90 Å². The summed E-state index contributed by atoms with van der Waals surface area (Å²) >= 11 is 0. The second-order valence-corrected chi connectivity index (χ2v) is 8.78. The number of hydrogen-bond donors (Lipinski definition) is 1. The summed E-state index contributed by atoms with van der Waals surface area (Å²) in [5.74, 6) is 1.28. The van der Waals surface area contributed by atoms with Crippen LogP contribution in [0.1, 0.15) is 52.8 Å². The van der Waals surface area contributed by atoms with E-state index < -0.39 is 5.97 Å². The first kappa shape index (κ1) is 17.5. The predicted octanol–water partition coefficient (Wildman–Crippen LogP) is 4.70. The topological polar surface area (TPSA) is 57.6 Å². The van der Waals surface area contributed by atoms with Crippen LogP contribution in [0.15, 0.2) is 48.5 Å². The second kappa shape index (κ2) is 6.77. The van der Waals surface area contributed by atoms with E-state index in [1.165, 1.54) is 19.3 Å². The summed E-state index contributed by atoms with van der Waals surface area (Å²) in [5, 5.41) is 9.60. The van der Waals surface area contributed by atoms with Gasteiger partial charge in [0.05, 0.1) is 5.56 Å². The lowest BCUT2D eigenvalue weighted by Crippen LogP contribution is -2.42. The molecule has 4 heteroatoms. The van der Waals surface area contributed by atoms with E-state index >= 15 is 0 Å². The highest BCUT2D eigenvalue weighted by Gasteiger charge is 2.44. The third kappa shape index (κ3) is 2.92. The zero-order valence-corrected chi connectivity index (χ0v) is 15.9. The number of aromatic carboxylic acids is 1. The Balaban J connectivity index is 1.55. The molecule has 2 aliphatic carbocycles. The van der Waals surface area contributed by atoms with Crippen molar-refractivity contribution in [3.63, 3.8) is 0 Å². The fourth-order valence-electron chi connectivity index (χ4n) is 6.00. The smallest absolute Gasteiger partial charge is 0.336 e. The van der Waals surface area contributed by atoms with Crippen molar-refractivity contribution in [2.24, 2.45) is 17.8 Å². The molecule has 0 aromatic heterocycles. The molecule has 28 heavy (non-hydrogen) atoms. The first-order chi connectivity index (χ1) is 13.6. The van der Waals surface area contributed by atoms with Crippen molar-refractivity contribution in [2.45, 2.75) is 38.1 Å². The number of nitrogens with zero attached hydrogens (tertiary/aromatic N) is 1. The third-order valence-electron chi connectivity index (χ3n) is 6.97.